The molecule has 2 aromatic rings. The van der Waals surface area contributed by atoms with Crippen LogP contribution in [0.4, 0.5) is 5.69 Å². The lowest BCUT2D eigenvalue weighted by atomic mass is 10.1. The Hall–Kier alpha value is -3.24. The number of rotatable bonds is 9. The van der Waals surface area contributed by atoms with Gasteiger partial charge in [-0.1, -0.05) is 24.3 Å². The third-order valence-corrected chi connectivity index (χ3v) is 6.98. The van der Waals surface area contributed by atoms with Gasteiger partial charge in [-0.25, -0.2) is 17.9 Å². The summed E-state index contributed by atoms with van der Waals surface area (Å²) >= 11 is 0. The molecule has 2 amide bonds. The van der Waals surface area contributed by atoms with Crippen molar-refractivity contribution in [3.8, 4) is 0 Å². The highest BCUT2D eigenvalue weighted by Gasteiger charge is 2.29. The zero-order chi connectivity index (χ0) is 25.0. The first-order chi connectivity index (χ1) is 16.0. The number of hydrogen-bond acceptors (Lipinski definition) is 6. The van der Waals surface area contributed by atoms with Crippen LogP contribution in [0.3, 0.4) is 0 Å². The van der Waals surface area contributed by atoms with E-state index < -0.39 is 33.9 Å². The van der Waals surface area contributed by atoms with Gasteiger partial charge in [-0.05, 0) is 69.4 Å². The Labute approximate surface area is 199 Å². The third-order valence-electron chi connectivity index (χ3n) is 5.46. The van der Waals surface area contributed by atoms with Gasteiger partial charge in [0.2, 0.25) is 15.9 Å². The Morgan fingerprint density at radius 2 is 1.68 bits per heavy atom. The van der Waals surface area contributed by atoms with Gasteiger partial charge in [0, 0.05) is 11.7 Å². The van der Waals surface area contributed by atoms with Crippen LogP contribution in [-0.4, -0.2) is 44.9 Å². The highest BCUT2D eigenvalue weighted by Crippen LogP contribution is 2.24. The number of benzene rings is 2. The number of hydrogen-bond donors (Lipinski definition) is 3. The maximum atomic E-state index is 12.7. The fourth-order valence-electron chi connectivity index (χ4n) is 3.26. The van der Waals surface area contributed by atoms with Crippen LogP contribution >= 0.6 is 0 Å². The number of esters is 1. The Bertz CT molecular complexity index is 1200. The van der Waals surface area contributed by atoms with Gasteiger partial charge >= 0.3 is 5.97 Å². The average Bonchev–Trinajstić information content (AvgIpc) is 3.58. The summed E-state index contributed by atoms with van der Waals surface area (Å²) in [4.78, 5) is 37.2. The van der Waals surface area contributed by atoms with E-state index in [1.807, 2.05) is 32.0 Å². The SMILES string of the molecule is Cc1ccc(S(=O)(=O)NC2CC2)cc1C(=O)OC(C)C(=O)NCC(=O)Nc1c(C)cccc1C. The molecule has 2 aromatic carbocycles. The summed E-state index contributed by atoms with van der Waals surface area (Å²) in [5, 5.41) is 5.20. The second-order valence-electron chi connectivity index (χ2n) is 8.45. The number of nitrogens with one attached hydrogen (secondary N) is 3. The summed E-state index contributed by atoms with van der Waals surface area (Å²) in [6.07, 6.45) is 0.384. The monoisotopic (exact) mass is 487 g/mol. The molecule has 10 heteroatoms. The van der Waals surface area contributed by atoms with Crippen LogP contribution in [0.5, 0.6) is 0 Å². The number of anilines is 1. The predicted octanol–water partition coefficient (Wildman–Crippen LogP) is 2.35. The number of carbonyl (C=O) groups excluding carboxylic acids is 3. The lowest BCUT2D eigenvalue weighted by Gasteiger charge is -2.16. The van der Waals surface area contributed by atoms with Crippen molar-refractivity contribution >= 4 is 33.5 Å². The Morgan fingerprint density at radius 1 is 1.03 bits per heavy atom. The van der Waals surface area contributed by atoms with Gasteiger partial charge in [-0.2, -0.15) is 0 Å². The van der Waals surface area contributed by atoms with Crippen molar-refractivity contribution in [3.63, 3.8) is 0 Å². The number of sulfonamides is 1. The lowest BCUT2D eigenvalue weighted by molar-refractivity contribution is -0.130. The molecule has 3 N–H and O–H groups in total. The Balaban J connectivity index is 1.58. The van der Waals surface area contributed by atoms with Crippen LogP contribution in [0.2, 0.25) is 0 Å². The molecule has 0 saturated heterocycles. The van der Waals surface area contributed by atoms with Crippen LogP contribution in [0.15, 0.2) is 41.3 Å². The number of ether oxygens (including phenoxy) is 1. The summed E-state index contributed by atoms with van der Waals surface area (Å²) < 4.78 is 32.7. The molecule has 3 rings (SSSR count). The minimum atomic E-state index is -3.75. The quantitative estimate of drug-likeness (QED) is 0.466. The smallest absolute Gasteiger partial charge is 0.339 e. The molecule has 1 aliphatic carbocycles. The van der Waals surface area contributed by atoms with Crippen molar-refractivity contribution in [1.82, 2.24) is 10.0 Å². The maximum Gasteiger partial charge on any atom is 0.339 e. The van der Waals surface area contributed by atoms with Crippen LogP contribution in [0.1, 0.15) is 46.8 Å². The fourth-order valence-corrected chi connectivity index (χ4v) is 4.59. The Kier molecular flexibility index (Phi) is 7.73. The molecule has 1 atom stereocenters. The van der Waals surface area contributed by atoms with Gasteiger partial charge in [0.05, 0.1) is 17.0 Å². The van der Waals surface area contributed by atoms with Crippen molar-refractivity contribution in [2.24, 2.45) is 0 Å². The first-order valence-corrected chi connectivity index (χ1v) is 12.4. The van der Waals surface area contributed by atoms with Crippen molar-refractivity contribution in [1.29, 1.82) is 0 Å². The van der Waals surface area contributed by atoms with Crippen molar-refractivity contribution in [2.45, 2.75) is 57.6 Å². The molecule has 182 valence electrons. The van der Waals surface area contributed by atoms with Crippen LogP contribution < -0.4 is 15.4 Å². The summed E-state index contributed by atoms with van der Waals surface area (Å²) in [7, 11) is -3.75. The van der Waals surface area contributed by atoms with Gasteiger partial charge in [0.15, 0.2) is 6.10 Å². The van der Waals surface area contributed by atoms with E-state index in [1.54, 1.807) is 6.92 Å². The van der Waals surface area contributed by atoms with E-state index in [1.165, 1.54) is 25.1 Å². The molecule has 1 fully saturated rings. The van der Waals surface area contributed by atoms with E-state index in [-0.39, 0.29) is 23.0 Å². The predicted molar refractivity (Wildman–Crippen MR) is 127 cm³/mol. The van der Waals surface area contributed by atoms with Crippen LogP contribution in [0, 0.1) is 20.8 Å². The molecule has 0 aromatic heterocycles. The van der Waals surface area contributed by atoms with Gasteiger partial charge < -0.3 is 15.4 Å². The molecule has 0 bridgehead atoms. The number of amides is 2. The van der Waals surface area contributed by atoms with Gasteiger partial charge in [0.1, 0.15) is 0 Å². The van der Waals surface area contributed by atoms with E-state index in [4.69, 9.17) is 4.74 Å². The molecule has 0 aliphatic heterocycles. The largest absolute Gasteiger partial charge is 0.449 e. The third kappa shape index (κ3) is 6.42. The van der Waals surface area contributed by atoms with E-state index in [2.05, 4.69) is 15.4 Å². The molecule has 9 nitrogen and oxygen atoms in total. The van der Waals surface area contributed by atoms with E-state index >= 15 is 0 Å². The summed E-state index contributed by atoms with van der Waals surface area (Å²) in [6, 6.07) is 9.72. The first-order valence-electron chi connectivity index (χ1n) is 11.0. The molecule has 1 saturated carbocycles. The minimum Gasteiger partial charge on any atom is -0.449 e. The van der Waals surface area contributed by atoms with E-state index in [0.29, 0.717) is 11.3 Å². The topological polar surface area (TPSA) is 131 Å². The number of aryl methyl sites for hydroxylation is 3. The second kappa shape index (κ2) is 10.4. The van der Waals surface area contributed by atoms with Gasteiger partial charge in [-0.15, -0.1) is 0 Å². The Morgan fingerprint density at radius 3 is 2.29 bits per heavy atom. The summed E-state index contributed by atoms with van der Waals surface area (Å²) in [5.41, 5.74) is 3.03. The highest BCUT2D eigenvalue weighted by molar-refractivity contribution is 7.89. The number of carbonyl (C=O) groups is 3. The van der Waals surface area contributed by atoms with Crippen molar-refractivity contribution in [2.75, 3.05) is 11.9 Å². The first kappa shape index (κ1) is 25.4. The highest BCUT2D eigenvalue weighted by atomic mass is 32.2. The van der Waals surface area contributed by atoms with E-state index in [0.717, 1.165) is 24.0 Å². The van der Waals surface area contributed by atoms with Crippen LogP contribution in [-0.2, 0) is 24.3 Å². The minimum absolute atomic E-state index is 0.0442. The zero-order valence-electron chi connectivity index (χ0n) is 19.6. The standard InChI is InChI=1S/C24H29N3O6S/c1-14-8-11-19(34(31,32)27-18-9-10-18)12-20(14)24(30)33-17(4)23(29)25-13-21(28)26-22-15(2)6-5-7-16(22)3/h5-8,11-12,17-18,27H,9-10,13H2,1-4H3,(H,25,29)(H,26,28). The zero-order valence-corrected chi connectivity index (χ0v) is 20.4. The molecular weight excluding hydrogens is 458 g/mol. The molecule has 0 heterocycles. The fraction of sp³-hybridized carbons (Fsp3) is 0.375. The van der Waals surface area contributed by atoms with E-state index in [9.17, 15) is 22.8 Å². The average molecular weight is 488 g/mol. The van der Waals surface area contributed by atoms with Gasteiger partial charge in [0.25, 0.3) is 5.91 Å². The van der Waals surface area contributed by atoms with Crippen LogP contribution in [0.25, 0.3) is 0 Å². The normalized spacial score (nSPS) is 14.2. The summed E-state index contributed by atoms with van der Waals surface area (Å²) in [5.74, 6) is -1.90. The molecule has 0 spiro atoms. The molecule has 1 aliphatic rings. The second-order valence-corrected chi connectivity index (χ2v) is 10.2. The number of para-hydroxylation sites is 1. The van der Waals surface area contributed by atoms with Gasteiger partial charge in [-0.3, -0.25) is 9.59 Å². The lowest BCUT2D eigenvalue weighted by Crippen LogP contribution is -2.40. The maximum absolute atomic E-state index is 12.7. The van der Waals surface area contributed by atoms with Crippen molar-refractivity contribution in [3.05, 3.63) is 58.7 Å². The molecule has 0 radical (unpaired) electrons. The molecular formula is C24H29N3O6S. The summed E-state index contributed by atoms with van der Waals surface area (Å²) in [6.45, 7) is 6.46. The van der Waals surface area contributed by atoms with Crippen molar-refractivity contribution < 1.29 is 27.5 Å². The molecule has 1 unspecified atom stereocenters. The molecule has 34 heavy (non-hydrogen) atoms.